The molecular weight excluding hydrogens is 571 g/mol. The van der Waals surface area contributed by atoms with Gasteiger partial charge >= 0.3 is 12.0 Å². The molecule has 2 aliphatic rings. The highest BCUT2D eigenvalue weighted by atomic mass is 35.5. The maximum atomic E-state index is 13.1. The van der Waals surface area contributed by atoms with Gasteiger partial charge < -0.3 is 15.7 Å². The maximum Gasteiger partial charge on any atom is 0.319 e. The molecule has 0 spiro atoms. The minimum Gasteiger partial charge on any atom is -0.481 e. The summed E-state index contributed by atoms with van der Waals surface area (Å²) in [6.45, 7) is 0.241. The molecule has 4 aromatic rings. The molecule has 1 atom stereocenters. The van der Waals surface area contributed by atoms with Crippen molar-refractivity contribution >= 4 is 57.9 Å². The molecule has 0 unspecified atom stereocenters. The molecule has 0 saturated heterocycles. The Hall–Kier alpha value is -3.73. The van der Waals surface area contributed by atoms with Crippen molar-refractivity contribution in [2.45, 2.75) is 44.2 Å². The number of para-hydroxylation sites is 1. The van der Waals surface area contributed by atoms with Gasteiger partial charge in [0.25, 0.3) is 0 Å². The maximum absolute atomic E-state index is 13.1. The van der Waals surface area contributed by atoms with E-state index >= 15 is 0 Å². The molecule has 0 bridgehead atoms. The summed E-state index contributed by atoms with van der Waals surface area (Å²) in [6, 6.07) is 15.4. The first-order valence-corrected chi connectivity index (χ1v) is 14.4. The number of rotatable bonds is 8. The standard InChI is InChI=1S/C28H24Cl2N6O3S/c29-18-6-2-1-5-16(18)25-17-13-22(15-9-10-15)40-27(17)36-23(14-31-25)34-35-26(36)21(11-12-24(37)38)33-28(39)32-20-8-4-3-7-19(20)30/h1-8,13,15,21H,9-12,14H2,(H,37,38)(H2,32,33,39)/t21-/m1/s1. The molecule has 40 heavy (non-hydrogen) atoms. The van der Waals surface area contributed by atoms with E-state index < -0.39 is 18.0 Å². The molecule has 2 aromatic heterocycles. The van der Waals surface area contributed by atoms with Crippen LogP contribution in [-0.4, -0.2) is 37.6 Å². The van der Waals surface area contributed by atoms with Gasteiger partial charge in [0.15, 0.2) is 11.6 Å². The van der Waals surface area contributed by atoms with E-state index in [0.29, 0.717) is 33.3 Å². The molecule has 1 aliphatic carbocycles. The molecule has 3 heterocycles. The van der Waals surface area contributed by atoms with Gasteiger partial charge in [0.2, 0.25) is 0 Å². The number of benzene rings is 2. The van der Waals surface area contributed by atoms with Crippen molar-refractivity contribution in [1.29, 1.82) is 0 Å². The van der Waals surface area contributed by atoms with Crippen LogP contribution in [0.4, 0.5) is 10.5 Å². The van der Waals surface area contributed by atoms with E-state index in [1.807, 2.05) is 28.8 Å². The lowest BCUT2D eigenvalue weighted by Crippen LogP contribution is -2.34. The number of anilines is 1. The number of nitrogens with one attached hydrogen (secondary N) is 2. The highest BCUT2D eigenvalue weighted by Gasteiger charge is 2.33. The topological polar surface area (TPSA) is 122 Å². The zero-order valence-corrected chi connectivity index (χ0v) is 23.4. The van der Waals surface area contributed by atoms with Crippen LogP contribution in [0.5, 0.6) is 0 Å². The molecule has 1 aliphatic heterocycles. The first-order chi connectivity index (χ1) is 19.4. The fraction of sp³-hybridized carbons (Fsp3) is 0.250. The van der Waals surface area contributed by atoms with E-state index in [1.165, 1.54) is 4.88 Å². The van der Waals surface area contributed by atoms with Crippen molar-refractivity contribution < 1.29 is 14.7 Å². The lowest BCUT2D eigenvalue weighted by molar-refractivity contribution is -0.137. The summed E-state index contributed by atoms with van der Waals surface area (Å²) < 4.78 is 1.92. The van der Waals surface area contributed by atoms with Crippen molar-refractivity contribution in [3.05, 3.63) is 92.3 Å². The Morgan fingerprint density at radius 3 is 2.52 bits per heavy atom. The lowest BCUT2D eigenvalue weighted by atomic mass is 10.0. The number of aliphatic imine (C=N–C) groups is 1. The van der Waals surface area contributed by atoms with E-state index in [2.05, 4.69) is 26.9 Å². The van der Waals surface area contributed by atoms with Gasteiger partial charge in [-0.25, -0.2) is 4.79 Å². The van der Waals surface area contributed by atoms with Crippen LogP contribution < -0.4 is 10.6 Å². The molecule has 1 saturated carbocycles. The quantitative estimate of drug-likeness (QED) is 0.212. The van der Waals surface area contributed by atoms with Crippen LogP contribution in [0.25, 0.3) is 5.00 Å². The van der Waals surface area contributed by atoms with Crippen LogP contribution in [0.1, 0.15) is 65.3 Å². The average Bonchev–Trinajstić information content (AvgIpc) is 3.60. The molecule has 1 fully saturated rings. The van der Waals surface area contributed by atoms with Crippen molar-refractivity contribution in [3.63, 3.8) is 0 Å². The molecule has 9 nitrogen and oxygen atoms in total. The van der Waals surface area contributed by atoms with Gasteiger partial charge in [0.1, 0.15) is 11.5 Å². The van der Waals surface area contributed by atoms with Crippen molar-refractivity contribution in [2.75, 3.05) is 5.32 Å². The molecule has 6 rings (SSSR count). The number of carbonyl (C=O) groups is 2. The number of thiophene rings is 1. The van der Waals surface area contributed by atoms with Crippen molar-refractivity contribution in [3.8, 4) is 5.00 Å². The number of aromatic nitrogens is 3. The molecule has 3 N–H and O–H groups in total. The third kappa shape index (κ3) is 5.34. The van der Waals surface area contributed by atoms with Crippen LogP contribution in [0, 0.1) is 0 Å². The Labute approximate surface area is 243 Å². The molecule has 0 radical (unpaired) electrons. The van der Waals surface area contributed by atoms with Gasteiger partial charge in [-0.2, -0.15) is 0 Å². The number of fused-ring (bicyclic) bond motifs is 3. The van der Waals surface area contributed by atoms with Crippen LogP contribution in [-0.2, 0) is 11.3 Å². The zero-order chi connectivity index (χ0) is 27.8. The molecule has 2 aromatic carbocycles. The van der Waals surface area contributed by atoms with Gasteiger partial charge in [-0.1, -0.05) is 53.5 Å². The molecule has 204 valence electrons. The largest absolute Gasteiger partial charge is 0.481 e. The predicted molar refractivity (Wildman–Crippen MR) is 155 cm³/mol. The van der Waals surface area contributed by atoms with Crippen LogP contribution >= 0.6 is 34.5 Å². The zero-order valence-electron chi connectivity index (χ0n) is 21.1. The Morgan fingerprint density at radius 1 is 1.05 bits per heavy atom. The monoisotopic (exact) mass is 594 g/mol. The van der Waals surface area contributed by atoms with E-state index in [9.17, 15) is 14.7 Å². The summed E-state index contributed by atoms with van der Waals surface area (Å²) in [5.41, 5.74) is 2.95. The third-order valence-corrected chi connectivity index (χ3v) is 8.76. The summed E-state index contributed by atoms with van der Waals surface area (Å²) in [5.74, 6) is 0.545. The van der Waals surface area contributed by atoms with Gasteiger partial charge in [0, 0.05) is 27.4 Å². The number of urea groups is 1. The SMILES string of the molecule is O=C(O)CC[C@@H](NC(=O)Nc1ccccc1Cl)c1nnc2n1-c1sc(C3CC3)cc1C(c1ccccc1Cl)=NC2. The number of carboxylic acids is 1. The summed E-state index contributed by atoms with van der Waals surface area (Å²) in [4.78, 5) is 30.7. The fourth-order valence-corrected chi connectivity index (χ4v) is 6.48. The summed E-state index contributed by atoms with van der Waals surface area (Å²) in [6.07, 6.45) is 2.19. The van der Waals surface area contributed by atoms with Gasteiger partial charge in [0.05, 0.1) is 22.5 Å². The minimum atomic E-state index is -0.980. The first kappa shape index (κ1) is 26.5. The molecule has 12 heteroatoms. The predicted octanol–water partition coefficient (Wildman–Crippen LogP) is 6.59. The smallest absolute Gasteiger partial charge is 0.319 e. The van der Waals surface area contributed by atoms with E-state index in [4.69, 9.17) is 28.2 Å². The summed E-state index contributed by atoms with van der Waals surface area (Å²) in [7, 11) is 0. The Kier molecular flexibility index (Phi) is 7.31. The Morgan fingerprint density at radius 2 is 1.80 bits per heavy atom. The van der Waals surface area contributed by atoms with Crippen molar-refractivity contribution in [2.24, 2.45) is 4.99 Å². The number of aliphatic carboxylic acids is 1. The number of carbonyl (C=O) groups excluding carboxylic acids is 1. The summed E-state index contributed by atoms with van der Waals surface area (Å²) in [5, 5.41) is 25.8. The fourth-order valence-electron chi connectivity index (χ4n) is 4.72. The average molecular weight is 596 g/mol. The Balaban J connectivity index is 1.40. The highest BCUT2D eigenvalue weighted by molar-refractivity contribution is 7.15. The normalized spacial score (nSPS) is 14.9. The second-order valence-electron chi connectivity index (χ2n) is 9.66. The number of hydrogen-bond acceptors (Lipinski definition) is 6. The van der Waals surface area contributed by atoms with Crippen LogP contribution in [0.3, 0.4) is 0 Å². The number of halogens is 2. The molecule has 2 amide bonds. The van der Waals surface area contributed by atoms with E-state index in [0.717, 1.165) is 34.7 Å². The second-order valence-corrected chi connectivity index (χ2v) is 11.5. The van der Waals surface area contributed by atoms with Gasteiger partial charge in [-0.05, 0) is 49.4 Å². The number of hydrogen-bond donors (Lipinski definition) is 3. The third-order valence-electron chi connectivity index (χ3n) is 6.82. The van der Waals surface area contributed by atoms with E-state index in [1.54, 1.807) is 35.6 Å². The lowest BCUT2D eigenvalue weighted by Gasteiger charge is -2.19. The van der Waals surface area contributed by atoms with E-state index in [-0.39, 0.29) is 19.4 Å². The Bertz CT molecular complexity index is 1640. The number of nitrogens with zero attached hydrogens (tertiary/aromatic N) is 4. The van der Waals surface area contributed by atoms with Gasteiger partial charge in [-0.3, -0.25) is 14.4 Å². The molecular formula is C28H24Cl2N6O3S. The van der Waals surface area contributed by atoms with Crippen LogP contribution in [0.15, 0.2) is 59.6 Å². The van der Waals surface area contributed by atoms with Gasteiger partial charge in [-0.15, -0.1) is 21.5 Å². The highest BCUT2D eigenvalue weighted by Crippen LogP contribution is 2.47. The summed E-state index contributed by atoms with van der Waals surface area (Å²) >= 11 is 14.5. The first-order valence-electron chi connectivity index (χ1n) is 12.8. The van der Waals surface area contributed by atoms with Crippen molar-refractivity contribution in [1.82, 2.24) is 20.1 Å². The second kappa shape index (κ2) is 11.0. The van der Waals surface area contributed by atoms with Crippen LogP contribution in [0.2, 0.25) is 10.0 Å². The minimum absolute atomic E-state index is 0.109. The number of amides is 2. The number of carboxylic acid groups (broad SMARTS) is 1.